The molecule has 1 heterocycles. The van der Waals surface area contributed by atoms with Crippen molar-refractivity contribution >= 4 is 37.5 Å². The molecule has 17 heavy (non-hydrogen) atoms. The van der Waals surface area contributed by atoms with Crippen LogP contribution in [0.3, 0.4) is 0 Å². The molecule has 84 valence electrons. The Bertz CT molecular complexity index is 600. The summed E-state index contributed by atoms with van der Waals surface area (Å²) >= 11 is 5.46. The molecule has 1 nitrogen and oxygen atoms in total. The number of alkyl halides is 1. The van der Waals surface area contributed by atoms with Crippen molar-refractivity contribution in [2.45, 2.75) is 4.83 Å². The Kier molecular flexibility index (Phi) is 2.95. The minimum atomic E-state index is 0.182. The Balaban J connectivity index is 2.04. The van der Waals surface area contributed by atoms with E-state index in [1.54, 1.807) is 11.3 Å². The lowest BCUT2D eigenvalue weighted by molar-refractivity contribution is 1.14. The monoisotopic (exact) mass is 303 g/mol. The molecular formula is C14H10BrNS. The van der Waals surface area contributed by atoms with Crippen molar-refractivity contribution in [1.82, 2.24) is 4.98 Å². The topological polar surface area (TPSA) is 12.9 Å². The molecule has 3 heteroatoms. The molecule has 0 fully saturated rings. The standard InChI is InChI=1S/C14H10BrNS/c15-13(10-6-2-1-3-7-10)14-16-11-8-4-5-9-12(11)17-14/h1-9,13H. The van der Waals surface area contributed by atoms with Crippen LogP contribution in [-0.4, -0.2) is 4.98 Å². The zero-order valence-corrected chi connectivity index (χ0v) is 11.4. The van der Waals surface area contributed by atoms with Crippen molar-refractivity contribution in [1.29, 1.82) is 0 Å². The second-order valence-electron chi connectivity index (χ2n) is 3.79. The van der Waals surface area contributed by atoms with Crippen LogP contribution in [0.15, 0.2) is 54.6 Å². The molecule has 0 aliphatic heterocycles. The van der Waals surface area contributed by atoms with Crippen LogP contribution in [0.4, 0.5) is 0 Å². The lowest BCUT2D eigenvalue weighted by Crippen LogP contribution is -1.90. The van der Waals surface area contributed by atoms with Crippen LogP contribution in [-0.2, 0) is 0 Å². The summed E-state index contributed by atoms with van der Waals surface area (Å²) in [6.45, 7) is 0. The van der Waals surface area contributed by atoms with Crippen LogP contribution >= 0.6 is 27.3 Å². The number of nitrogens with zero attached hydrogens (tertiary/aromatic N) is 1. The second-order valence-corrected chi connectivity index (χ2v) is 5.77. The number of fused-ring (bicyclic) bond motifs is 1. The maximum atomic E-state index is 4.66. The van der Waals surface area contributed by atoms with Crippen LogP contribution in [0.1, 0.15) is 15.4 Å². The summed E-state index contributed by atoms with van der Waals surface area (Å²) in [6, 6.07) is 18.6. The molecule has 2 aromatic carbocycles. The highest BCUT2D eigenvalue weighted by molar-refractivity contribution is 9.09. The smallest absolute Gasteiger partial charge is 0.112 e. The number of hydrogen-bond donors (Lipinski definition) is 0. The van der Waals surface area contributed by atoms with Gasteiger partial charge in [0.25, 0.3) is 0 Å². The van der Waals surface area contributed by atoms with Crippen molar-refractivity contribution in [2.75, 3.05) is 0 Å². The number of aromatic nitrogens is 1. The van der Waals surface area contributed by atoms with Crippen LogP contribution in [0, 0.1) is 0 Å². The number of hydrogen-bond acceptors (Lipinski definition) is 2. The largest absolute Gasteiger partial charge is 0.240 e. The lowest BCUT2D eigenvalue weighted by atomic mass is 10.2. The molecular weight excluding hydrogens is 294 g/mol. The summed E-state index contributed by atoms with van der Waals surface area (Å²) in [5, 5.41) is 1.11. The predicted octanol–water partition coefficient (Wildman–Crippen LogP) is 4.78. The van der Waals surface area contributed by atoms with E-state index in [4.69, 9.17) is 0 Å². The Morgan fingerprint density at radius 3 is 2.41 bits per heavy atom. The van der Waals surface area contributed by atoms with Gasteiger partial charge in [-0.1, -0.05) is 58.4 Å². The van der Waals surface area contributed by atoms with E-state index in [2.05, 4.69) is 63.4 Å². The Labute approximate surface area is 112 Å². The summed E-state index contributed by atoms with van der Waals surface area (Å²) < 4.78 is 1.24. The van der Waals surface area contributed by atoms with Gasteiger partial charge in [0, 0.05) is 0 Å². The molecule has 3 aromatic rings. The van der Waals surface area contributed by atoms with E-state index >= 15 is 0 Å². The highest BCUT2D eigenvalue weighted by Crippen LogP contribution is 2.35. The normalized spacial score (nSPS) is 12.8. The molecule has 0 saturated heterocycles. The van der Waals surface area contributed by atoms with E-state index < -0.39 is 0 Å². The minimum absolute atomic E-state index is 0.182. The molecule has 0 bridgehead atoms. The predicted molar refractivity (Wildman–Crippen MR) is 76.8 cm³/mol. The van der Waals surface area contributed by atoms with Gasteiger partial charge in [-0.3, -0.25) is 0 Å². The molecule has 0 N–H and O–H groups in total. The van der Waals surface area contributed by atoms with E-state index in [-0.39, 0.29) is 4.83 Å². The Hall–Kier alpha value is -1.19. The third-order valence-corrected chi connectivity index (χ3v) is 4.99. The van der Waals surface area contributed by atoms with Gasteiger partial charge in [0.05, 0.1) is 15.0 Å². The quantitative estimate of drug-likeness (QED) is 0.621. The first kappa shape index (κ1) is 10.9. The van der Waals surface area contributed by atoms with Gasteiger partial charge in [0.1, 0.15) is 5.01 Å². The Morgan fingerprint density at radius 1 is 0.941 bits per heavy atom. The number of rotatable bonds is 2. The van der Waals surface area contributed by atoms with Crippen LogP contribution in [0.2, 0.25) is 0 Å². The fourth-order valence-corrected chi connectivity index (χ4v) is 3.42. The number of para-hydroxylation sites is 1. The average molecular weight is 304 g/mol. The number of benzene rings is 2. The van der Waals surface area contributed by atoms with Gasteiger partial charge >= 0.3 is 0 Å². The molecule has 3 rings (SSSR count). The average Bonchev–Trinajstić information content (AvgIpc) is 2.82. The van der Waals surface area contributed by atoms with Crippen molar-refractivity contribution in [3.8, 4) is 0 Å². The van der Waals surface area contributed by atoms with E-state index in [1.807, 2.05) is 12.1 Å². The van der Waals surface area contributed by atoms with Gasteiger partial charge in [-0.15, -0.1) is 11.3 Å². The molecule has 0 aliphatic carbocycles. The lowest BCUT2D eigenvalue weighted by Gasteiger charge is -2.05. The fraction of sp³-hybridized carbons (Fsp3) is 0.0714. The van der Waals surface area contributed by atoms with Crippen molar-refractivity contribution in [2.24, 2.45) is 0 Å². The summed E-state index contributed by atoms with van der Waals surface area (Å²) in [4.78, 5) is 4.84. The molecule has 0 amide bonds. The number of halogens is 1. The number of thiazole rings is 1. The van der Waals surface area contributed by atoms with Crippen molar-refractivity contribution < 1.29 is 0 Å². The van der Waals surface area contributed by atoms with Gasteiger partial charge in [-0.25, -0.2) is 4.98 Å². The van der Waals surface area contributed by atoms with Crippen LogP contribution in [0.5, 0.6) is 0 Å². The summed E-state index contributed by atoms with van der Waals surface area (Å²) in [6.07, 6.45) is 0. The highest BCUT2D eigenvalue weighted by Gasteiger charge is 2.14. The first-order chi connectivity index (χ1) is 8.34. The molecule has 0 saturated carbocycles. The zero-order chi connectivity index (χ0) is 11.7. The highest BCUT2D eigenvalue weighted by atomic mass is 79.9. The second kappa shape index (κ2) is 4.59. The molecule has 0 aliphatic rings. The minimum Gasteiger partial charge on any atom is -0.240 e. The molecule has 1 atom stereocenters. The van der Waals surface area contributed by atoms with Crippen LogP contribution < -0.4 is 0 Å². The van der Waals surface area contributed by atoms with E-state index in [1.165, 1.54) is 10.3 Å². The third-order valence-electron chi connectivity index (χ3n) is 2.62. The van der Waals surface area contributed by atoms with Gasteiger partial charge in [-0.05, 0) is 17.7 Å². The molecule has 1 aromatic heterocycles. The molecule has 0 radical (unpaired) electrons. The van der Waals surface area contributed by atoms with Gasteiger partial charge in [0.15, 0.2) is 0 Å². The third kappa shape index (κ3) is 2.13. The van der Waals surface area contributed by atoms with Crippen LogP contribution in [0.25, 0.3) is 10.2 Å². The molecule has 0 spiro atoms. The van der Waals surface area contributed by atoms with Gasteiger partial charge < -0.3 is 0 Å². The van der Waals surface area contributed by atoms with E-state index in [9.17, 15) is 0 Å². The van der Waals surface area contributed by atoms with Crippen molar-refractivity contribution in [3.63, 3.8) is 0 Å². The van der Waals surface area contributed by atoms with Gasteiger partial charge in [-0.2, -0.15) is 0 Å². The first-order valence-electron chi connectivity index (χ1n) is 5.39. The summed E-state index contributed by atoms with van der Waals surface area (Å²) in [5.41, 5.74) is 2.32. The maximum Gasteiger partial charge on any atom is 0.112 e. The Morgan fingerprint density at radius 2 is 1.65 bits per heavy atom. The van der Waals surface area contributed by atoms with E-state index in [0.29, 0.717) is 0 Å². The summed E-state index contributed by atoms with van der Waals surface area (Å²) in [7, 11) is 0. The van der Waals surface area contributed by atoms with Gasteiger partial charge in [0.2, 0.25) is 0 Å². The molecule has 1 unspecified atom stereocenters. The fourth-order valence-electron chi connectivity index (χ4n) is 1.76. The zero-order valence-electron chi connectivity index (χ0n) is 9.01. The maximum absolute atomic E-state index is 4.66. The first-order valence-corrected chi connectivity index (χ1v) is 7.12. The van der Waals surface area contributed by atoms with Crippen molar-refractivity contribution in [3.05, 3.63) is 65.2 Å². The SMILES string of the molecule is BrC(c1ccccc1)c1nc2ccccc2s1. The summed E-state index contributed by atoms with van der Waals surface area (Å²) in [5.74, 6) is 0. The van der Waals surface area contributed by atoms with E-state index in [0.717, 1.165) is 10.5 Å².